The van der Waals surface area contributed by atoms with Crippen molar-refractivity contribution in [3.63, 3.8) is 0 Å². The van der Waals surface area contributed by atoms with E-state index in [1.807, 2.05) is 0 Å². The van der Waals surface area contributed by atoms with Gasteiger partial charge in [0, 0.05) is 25.0 Å². The van der Waals surface area contributed by atoms with E-state index in [0.29, 0.717) is 0 Å². The van der Waals surface area contributed by atoms with Crippen LogP contribution in [0, 0.1) is 0 Å². The topological polar surface area (TPSA) is 15.3 Å². The molecule has 0 aliphatic heterocycles. The molecule has 0 fully saturated rings. The van der Waals surface area contributed by atoms with Crippen LogP contribution in [0.5, 0.6) is 0 Å². The molecule has 0 radical (unpaired) electrons. The van der Waals surface area contributed by atoms with Crippen LogP contribution in [0.3, 0.4) is 0 Å². The van der Waals surface area contributed by atoms with Crippen LogP contribution < -0.4 is 5.32 Å². The van der Waals surface area contributed by atoms with E-state index < -0.39 is 0 Å². The van der Waals surface area contributed by atoms with Crippen LogP contribution in [-0.2, 0) is 5.41 Å². The summed E-state index contributed by atoms with van der Waals surface area (Å²) >= 11 is 0. The van der Waals surface area contributed by atoms with Crippen molar-refractivity contribution in [3.8, 4) is 0 Å². The number of benzene rings is 1. The standard InChI is InChI=1S/C15H26N2/c1-5-16-11-12-17(4)13-15(2,3)14-9-7-6-8-10-14/h6-10,16H,5,11-13H2,1-4H3. The van der Waals surface area contributed by atoms with Gasteiger partial charge >= 0.3 is 0 Å². The quantitative estimate of drug-likeness (QED) is 0.729. The second-order valence-electron chi connectivity index (χ2n) is 5.34. The van der Waals surface area contributed by atoms with E-state index in [1.165, 1.54) is 5.56 Å². The van der Waals surface area contributed by atoms with Crippen LogP contribution in [-0.4, -0.2) is 38.1 Å². The van der Waals surface area contributed by atoms with E-state index in [0.717, 1.165) is 26.2 Å². The summed E-state index contributed by atoms with van der Waals surface area (Å²) in [6.45, 7) is 11.1. The fourth-order valence-electron chi connectivity index (χ4n) is 2.18. The van der Waals surface area contributed by atoms with Crippen molar-refractivity contribution in [1.29, 1.82) is 0 Å². The number of rotatable bonds is 7. The molecule has 0 heterocycles. The maximum absolute atomic E-state index is 3.36. The minimum absolute atomic E-state index is 0.211. The van der Waals surface area contributed by atoms with Crippen LogP contribution in [0.1, 0.15) is 26.3 Å². The molecule has 0 spiro atoms. The lowest BCUT2D eigenvalue weighted by Crippen LogP contribution is -2.38. The van der Waals surface area contributed by atoms with E-state index in [1.54, 1.807) is 0 Å². The molecule has 1 rings (SSSR count). The molecule has 0 unspecified atom stereocenters. The maximum atomic E-state index is 3.36. The molecule has 0 saturated carbocycles. The molecule has 0 amide bonds. The highest BCUT2D eigenvalue weighted by atomic mass is 15.1. The molecule has 0 atom stereocenters. The fourth-order valence-corrected chi connectivity index (χ4v) is 2.18. The second kappa shape index (κ2) is 6.77. The first-order chi connectivity index (χ1) is 8.06. The Labute approximate surface area is 106 Å². The van der Waals surface area contributed by atoms with Crippen LogP contribution in [0.2, 0.25) is 0 Å². The Kier molecular flexibility index (Phi) is 5.66. The Hall–Kier alpha value is -0.860. The van der Waals surface area contributed by atoms with Crippen molar-refractivity contribution >= 4 is 0 Å². The zero-order valence-electron chi connectivity index (χ0n) is 11.7. The molecule has 1 aromatic carbocycles. The Morgan fingerprint density at radius 3 is 2.41 bits per heavy atom. The van der Waals surface area contributed by atoms with E-state index in [-0.39, 0.29) is 5.41 Å². The van der Waals surface area contributed by atoms with Gasteiger partial charge < -0.3 is 10.2 Å². The predicted molar refractivity (Wildman–Crippen MR) is 75.5 cm³/mol. The molecular weight excluding hydrogens is 208 g/mol. The summed E-state index contributed by atoms with van der Waals surface area (Å²) in [6, 6.07) is 10.8. The molecule has 1 N–H and O–H groups in total. The van der Waals surface area contributed by atoms with E-state index >= 15 is 0 Å². The largest absolute Gasteiger partial charge is 0.316 e. The Morgan fingerprint density at radius 2 is 1.82 bits per heavy atom. The Morgan fingerprint density at radius 1 is 1.18 bits per heavy atom. The first kappa shape index (κ1) is 14.2. The van der Waals surface area contributed by atoms with Crippen LogP contribution >= 0.6 is 0 Å². The van der Waals surface area contributed by atoms with Crippen molar-refractivity contribution < 1.29 is 0 Å². The molecule has 0 saturated heterocycles. The first-order valence-corrected chi connectivity index (χ1v) is 6.51. The minimum atomic E-state index is 0.211. The lowest BCUT2D eigenvalue weighted by molar-refractivity contribution is 0.268. The lowest BCUT2D eigenvalue weighted by atomic mass is 9.84. The average Bonchev–Trinajstić information content (AvgIpc) is 2.30. The highest BCUT2D eigenvalue weighted by Gasteiger charge is 2.21. The van der Waals surface area contributed by atoms with Gasteiger partial charge in [0.2, 0.25) is 0 Å². The third-order valence-electron chi connectivity index (χ3n) is 3.14. The van der Waals surface area contributed by atoms with Crippen molar-refractivity contribution in [1.82, 2.24) is 10.2 Å². The Bertz CT molecular complexity index is 306. The van der Waals surface area contributed by atoms with Crippen molar-refractivity contribution in [2.75, 3.05) is 33.2 Å². The average molecular weight is 234 g/mol. The monoisotopic (exact) mass is 234 g/mol. The van der Waals surface area contributed by atoms with Gasteiger partial charge in [-0.1, -0.05) is 51.1 Å². The van der Waals surface area contributed by atoms with Gasteiger partial charge in [0.1, 0.15) is 0 Å². The predicted octanol–water partition coefficient (Wildman–Crippen LogP) is 2.51. The van der Waals surface area contributed by atoms with Crippen molar-refractivity contribution in [2.45, 2.75) is 26.2 Å². The highest BCUT2D eigenvalue weighted by Crippen LogP contribution is 2.23. The molecule has 0 bridgehead atoms. The first-order valence-electron chi connectivity index (χ1n) is 6.51. The summed E-state index contributed by atoms with van der Waals surface area (Å²) in [4.78, 5) is 2.40. The maximum Gasteiger partial charge on any atom is 0.0104 e. The van der Waals surface area contributed by atoms with Crippen molar-refractivity contribution in [3.05, 3.63) is 35.9 Å². The Balaban J connectivity index is 2.49. The highest BCUT2D eigenvalue weighted by molar-refractivity contribution is 5.23. The molecule has 0 aromatic heterocycles. The van der Waals surface area contributed by atoms with Crippen LogP contribution in [0.4, 0.5) is 0 Å². The number of likely N-dealkylation sites (N-methyl/N-ethyl adjacent to an activating group) is 2. The number of nitrogens with one attached hydrogen (secondary N) is 1. The molecule has 2 heteroatoms. The molecule has 0 aliphatic rings. The summed E-state index contributed by atoms with van der Waals surface area (Å²) in [6.07, 6.45) is 0. The van der Waals surface area contributed by atoms with Crippen LogP contribution in [0.25, 0.3) is 0 Å². The summed E-state index contributed by atoms with van der Waals surface area (Å²) in [5.74, 6) is 0. The number of hydrogen-bond acceptors (Lipinski definition) is 2. The van der Waals surface area contributed by atoms with E-state index in [9.17, 15) is 0 Å². The van der Waals surface area contributed by atoms with Gasteiger partial charge in [0.15, 0.2) is 0 Å². The zero-order valence-corrected chi connectivity index (χ0v) is 11.7. The van der Waals surface area contributed by atoms with Gasteiger partial charge in [-0.15, -0.1) is 0 Å². The second-order valence-corrected chi connectivity index (χ2v) is 5.34. The normalized spacial score (nSPS) is 12.1. The summed E-state index contributed by atoms with van der Waals surface area (Å²) < 4.78 is 0. The van der Waals surface area contributed by atoms with Gasteiger partial charge in [0.05, 0.1) is 0 Å². The van der Waals surface area contributed by atoms with E-state index in [2.05, 4.69) is 68.4 Å². The summed E-state index contributed by atoms with van der Waals surface area (Å²) in [5, 5.41) is 3.36. The molecule has 2 nitrogen and oxygen atoms in total. The SMILES string of the molecule is CCNCCN(C)CC(C)(C)c1ccccc1. The third-order valence-corrected chi connectivity index (χ3v) is 3.14. The molecule has 0 aliphatic carbocycles. The number of hydrogen-bond donors (Lipinski definition) is 1. The van der Waals surface area contributed by atoms with Gasteiger partial charge in [-0.3, -0.25) is 0 Å². The van der Waals surface area contributed by atoms with Gasteiger partial charge in [-0.05, 0) is 19.2 Å². The lowest BCUT2D eigenvalue weighted by Gasteiger charge is -2.31. The van der Waals surface area contributed by atoms with Gasteiger partial charge in [-0.25, -0.2) is 0 Å². The number of nitrogens with zero attached hydrogens (tertiary/aromatic N) is 1. The van der Waals surface area contributed by atoms with E-state index in [4.69, 9.17) is 0 Å². The van der Waals surface area contributed by atoms with Crippen LogP contribution in [0.15, 0.2) is 30.3 Å². The van der Waals surface area contributed by atoms with Crippen molar-refractivity contribution in [2.24, 2.45) is 0 Å². The molecular formula is C15H26N2. The minimum Gasteiger partial charge on any atom is -0.316 e. The molecule has 1 aromatic rings. The third kappa shape index (κ3) is 4.88. The molecule has 96 valence electrons. The molecule has 17 heavy (non-hydrogen) atoms. The van der Waals surface area contributed by atoms with Gasteiger partial charge in [-0.2, -0.15) is 0 Å². The zero-order chi connectivity index (χ0) is 12.7. The van der Waals surface area contributed by atoms with Gasteiger partial charge in [0.25, 0.3) is 0 Å². The summed E-state index contributed by atoms with van der Waals surface area (Å²) in [7, 11) is 2.20. The smallest absolute Gasteiger partial charge is 0.0104 e. The fraction of sp³-hybridized carbons (Fsp3) is 0.600. The summed E-state index contributed by atoms with van der Waals surface area (Å²) in [5.41, 5.74) is 1.62.